The lowest BCUT2D eigenvalue weighted by atomic mass is 10.0. The number of H-pyrrole nitrogens is 1. The van der Waals surface area contributed by atoms with Crippen molar-refractivity contribution in [2.24, 2.45) is 0 Å². The first-order valence-corrected chi connectivity index (χ1v) is 5.82. The summed E-state index contributed by atoms with van der Waals surface area (Å²) in [5.74, 6) is -6.25. The minimum absolute atomic E-state index is 0.126. The van der Waals surface area contributed by atoms with Crippen LogP contribution < -0.4 is 4.74 Å². The molecule has 1 N–H and O–H groups in total. The highest BCUT2D eigenvalue weighted by Gasteiger charge is 2.49. The molecule has 0 bridgehead atoms. The van der Waals surface area contributed by atoms with Gasteiger partial charge in [0.1, 0.15) is 5.75 Å². The first kappa shape index (κ1) is 14.4. The maximum atomic E-state index is 13.1. The zero-order valence-corrected chi connectivity index (χ0v) is 10.4. The van der Waals surface area contributed by atoms with Gasteiger partial charge in [-0.05, 0) is 25.1 Å². The van der Waals surface area contributed by atoms with Crippen molar-refractivity contribution in [3.63, 3.8) is 0 Å². The normalized spacial score (nSPS) is 12.1. The number of ketones is 1. The maximum Gasteiger partial charge on any atom is 0.368 e. The van der Waals surface area contributed by atoms with Crippen LogP contribution >= 0.6 is 0 Å². The molecule has 1 aromatic heterocycles. The first-order valence-electron chi connectivity index (χ1n) is 5.82. The van der Waals surface area contributed by atoms with Crippen LogP contribution in [-0.4, -0.2) is 29.7 Å². The minimum Gasteiger partial charge on any atom is -0.494 e. The summed E-state index contributed by atoms with van der Waals surface area (Å²) in [6.45, 7) is 2.09. The molecule has 0 spiro atoms. The van der Waals surface area contributed by atoms with Gasteiger partial charge in [0.25, 0.3) is 0 Å². The zero-order valence-electron chi connectivity index (χ0n) is 10.4. The van der Waals surface area contributed by atoms with Gasteiger partial charge in [0, 0.05) is 22.7 Å². The Morgan fingerprint density at radius 1 is 1.40 bits per heavy atom. The van der Waals surface area contributed by atoms with E-state index in [-0.39, 0.29) is 5.39 Å². The number of nitrogens with one attached hydrogen (secondary N) is 1. The molecule has 0 amide bonds. The summed E-state index contributed by atoms with van der Waals surface area (Å²) in [5.41, 5.74) is -0.0891. The number of fused-ring (bicyclic) bond motifs is 1. The molecule has 7 heteroatoms. The Hall–Kier alpha value is -2.05. The smallest absolute Gasteiger partial charge is 0.368 e. The third-order valence-corrected chi connectivity index (χ3v) is 2.79. The van der Waals surface area contributed by atoms with E-state index in [9.17, 15) is 22.4 Å². The molecule has 2 aromatic rings. The van der Waals surface area contributed by atoms with Crippen LogP contribution in [0.5, 0.6) is 5.75 Å². The molecule has 2 rings (SSSR count). The molecule has 108 valence electrons. The predicted molar refractivity (Wildman–Crippen MR) is 64.7 cm³/mol. The van der Waals surface area contributed by atoms with Gasteiger partial charge in [-0.2, -0.15) is 8.78 Å². The van der Waals surface area contributed by atoms with E-state index >= 15 is 0 Å². The SMILES string of the molecule is CCOc1ccc2[nH]cc(C(=O)C(F)(F)C(F)F)c2c1. The molecular formula is C13H11F4NO2. The van der Waals surface area contributed by atoms with Crippen molar-refractivity contribution in [2.75, 3.05) is 6.61 Å². The second-order valence-electron chi connectivity index (χ2n) is 4.10. The number of hydrogen-bond acceptors (Lipinski definition) is 2. The van der Waals surface area contributed by atoms with Crippen molar-refractivity contribution < 1.29 is 27.1 Å². The van der Waals surface area contributed by atoms with E-state index < -0.39 is 23.7 Å². The molecule has 0 radical (unpaired) electrons. The van der Waals surface area contributed by atoms with Crippen LogP contribution in [0.2, 0.25) is 0 Å². The maximum absolute atomic E-state index is 13.1. The Kier molecular flexibility index (Phi) is 3.69. The third kappa shape index (κ3) is 2.35. The summed E-state index contributed by atoms with van der Waals surface area (Å²) in [6, 6.07) is 4.48. The fraction of sp³-hybridized carbons (Fsp3) is 0.308. The summed E-state index contributed by atoms with van der Waals surface area (Å²) in [6.07, 6.45) is -3.05. The zero-order chi connectivity index (χ0) is 14.9. The molecule has 0 aliphatic rings. The number of carbonyl (C=O) groups excluding carboxylic acids is 1. The van der Waals surface area contributed by atoms with E-state index in [4.69, 9.17) is 4.74 Å². The van der Waals surface area contributed by atoms with Crippen molar-refractivity contribution in [2.45, 2.75) is 19.3 Å². The Labute approximate surface area is 111 Å². The van der Waals surface area contributed by atoms with Gasteiger partial charge < -0.3 is 9.72 Å². The molecule has 0 unspecified atom stereocenters. The van der Waals surface area contributed by atoms with Crippen molar-refractivity contribution in [1.29, 1.82) is 0 Å². The highest BCUT2D eigenvalue weighted by molar-refractivity contribution is 6.11. The summed E-state index contributed by atoms with van der Waals surface area (Å²) >= 11 is 0. The fourth-order valence-corrected chi connectivity index (χ4v) is 1.82. The molecule has 3 nitrogen and oxygen atoms in total. The highest BCUT2D eigenvalue weighted by atomic mass is 19.3. The Balaban J connectivity index is 2.49. The van der Waals surface area contributed by atoms with Crippen molar-refractivity contribution >= 4 is 16.7 Å². The van der Waals surface area contributed by atoms with E-state index in [0.29, 0.717) is 17.9 Å². The first-order chi connectivity index (χ1) is 9.37. The van der Waals surface area contributed by atoms with Gasteiger partial charge in [-0.1, -0.05) is 0 Å². The van der Waals surface area contributed by atoms with Crippen molar-refractivity contribution in [1.82, 2.24) is 4.98 Å². The molecule has 0 aliphatic carbocycles. The summed E-state index contributed by atoms with van der Waals surface area (Å²) in [5, 5.41) is 0.126. The average molecular weight is 289 g/mol. The summed E-state index contributed by atoms with van der Waals surface area (Å²) in [7, 11) is 0. The lowest BCUT2D eigenvalue weighted by Crippen LogP contribution is -2.36. The number of rotatable bonds is 5. The van der Waals surface area contributed by atoms with E-state index in [1.54, 1.807) is 13.0 Å². The number of benzene rings is 1. The molecular weight excluding hydrogens is 278 g/mol. The van der Waals surface area contributed by atoms with Crippen LogP contribution in [0.25, 0.3) is 10.9 Å². The Morgan fingerprint density at radius 2 is 2.10 bits per heavy atom. The van der Waals surface area contributed by atoms with Crippen LogP contribution in [0.3, 0.4) is 0 Å². The minimum atomic E-state index is -4.71. The van der Waals surface area contributed by atoms with Gasteiger partial charge in [-0.3, -0.25) is 4.79 Å². The quantitative estimate of drug-likeness (QED) is 0.674. The van der Waals surface area contributed by atoms with Gasteiger partial charge in [0.15, 0.2) is 0 Å². The molecule has 1 heterocycles. The predicted octanol–water partition coefficient (Wildman–Crippen LogP) is 3.65. The van der Waals surface area contributed by atoms with Crippen LogP contribution in [0.4, 0.5) is 17.6 Å². The molecule has 0 saturated carbocycles. The van der Waals surface area contributed by atoms with Crippen LogP contribution in [0, 0.1) is 0 Å². The highest BCUT2D eigenvalue weighted by Crippen LogP contribution is 2.32. The van der Waals surface area contributed by atoms with Gasteiger partial charge in [-0.25, -0.2) is 8.78 Å². The monoisotopic (exact) mass is 289 g/mol. The van der Waals surface area contributed by atoms with Gasteiger partial charge in [0.05, 0.1) is 6.61 Å². The number of hydrogen-bond donors (Lipinski definition) is 1. The molecule has 20 heavy (non-hydrogen) atoms. The largest absolute Gasteiger partial charge is 0.494 e. The van der Waals surface area contributed by atoms with Crippen LogP contribution in [0.15, 0.2) is 24.4 Å². The molecule has 0 fully saturated rings. The topological polar surface area (TPSA) is 42.1 Å². The lowest BCUT2D eigenvalue weighted by molar-refractivity contribution is -0.0957. The van der Waals surface area contributed by atoms with E-state index in [2.05, 4.69) is 4.98 Å². The number of ether oxygens (including phenoxy) is 1. The van der Waals surface area contributed by atoms with Crippen LogP contribution in [-0.2, 0) is 0 Å². The molecule has 1 aromatic carbocycles. The Bertz CT molecular complexity index is 636. The number of carbonyl (C=O) groups is 1. The van der Waals surface area contributed by atoms with Crippen molar-refractivity contribution in [3.05, 3.63) is 30.0 Å². The second kappa shape index (κ2) is 5.15. The molecule has 0 atom stereocenters. The number of halogens is 4. The fourth-order valence-electron chi connectivity index (χ4n) is 1.82. The van der Waals surface area contributed by atoms with Gasteiger partial charge in [-0.15, -0.1) is 0 Å². The lowest BCUT2D eigenvalue weighted by Gasteiger charge is -2.13. The van der Waals surface area contributed by atoms with Gasteiger partial charge in [0.2, 0.25) is 5.78 Å². The number of alkyl halides is 4. The van der Waals surface area contributed by atoms with E-state index in [1.807, 2.05) is 0 Å². The number of Topliss-reactive ketones (excluding diaryl/α,β-unsaturated/α-hetero) is 1. The van der Waals surface area contributed by atoms with Crippen LogP contribution in [0.1, 0.15) is 17.3 Å². The van der Waals surface area contributed by atoms with Gasteiger partial charge >= 0.3 is 12.3 Å². The van der Waals surface area contributed by atoms with Crippen molar-refractivity contribution in [3.8, 4) is 5.75 Å². The second-order valence-corrected chi connectivity index (χ2v) is 4.10. The molecule has 0 aliphatic heterocycles. The number of aromatic nitrogens is 1. The Morgan fingerprint density at radius 3 is 2.70 bits per heavy atom. The molecule has 0 saturated heterocycles. The summed E-state index contributed by atoms with van der Waals surface area (Å²) < 4.78 is 56.0. The average Bonchev–Trinajstić information content (AvgIpc) is 2.81. The standard InChI is InChI=1S/C13H11F4NO2/c1-2-20-7-3-4-10-8(5-7)9(6-18-10)11(19)13(16,17)12(14)15/h3-6,12,18H,2H2,1H3. The van der Waals surface area contributed by atoms with E-state index in [1.165, 1.54) is 12.1 Å². The van der Waals surface area contributed by atoms with E-state index in [0.717, 1.165) is 6.20 Å². The summed E-state index contributed by atoms with van der Waals surface area (Å²) in [4.78, 5) is 14.2. The third-order valence-electron chi connectivity index (χ3n) is 2.79. The number of aromatic amines is 1.